The third-order valence-corrected chi connectivity index (χ3v) is 5.62. The zero-order valence-electron chi connectivity index (χ0n) is 16.8. The quantitative estimate of drug-likeness (QED) is 0.336. The van der Waals surface area contributed by atoms with E-state index in [9.17, 15) is 14.9 Å². The van der Waals surface area contributed by atoms with Crippen molar-refractivity contribution in [1.82, 2.24) is 5.32 Å². The molecule has 0 unspecified atom stereocenters. The molecule has 0 aromatic heterocycles. The molecule has 0 radical (unpaired) electrons. The number of carbonyl (C=O) groups excluding carboxylic acids is 2. The number of rotatable bonds is 5. The second kappa shape index (κ2) is 9.55. The van der Waals surface area contributed by atoms with Gasteiger partial charge in [0.2, 0.25) is 0 Å². The van der Waals surface area contributed by atoms with E-state index in [0.29, 0.717) is 27.4 Å². The number of ether oxygens (including phenoxy) is 1. The first-order chi connectivity index (χ1) is 15.9. The van der Waals surface area contributed by atoms with Crippen molar-refractivity contribution in [1.29, 1.82) is 5.26 Å². The Morgan fingerprint density at radius 1 is 1.00 bits per heavy atom. The second-order valence-corrected chi connectivity index (χ2v) is 8.23. The molecule has 3 aromatic rings. The summed E-state index contributed by atoms with van der Waals surface area (Å²) in [5.41, 5.74) is 2.14. The number of carbonyl (C=O) groups is 2. The van der Waals surface area contributed by atoms with Crippen molar-refractivity contribution in [3.8, 4) is 11.8 Å². The zero-order chi connectivity index (χ0) is 23.5. The van der Waals surface area contributed by atoms with Gasteiger partial charge in [-0.3, -0.25) is 4.79 Å². The fourth-order valence-electron chi connectivity index (χ4n) is 3.23. The minimum absolute atomic E-state index is 0.0682. The Kier molecular flexibility index (Phi) is 6.57. The summed E-state index contributed by atoms with van der Waals surface area (Å²) >= 11 is 18.6. The van der Waals surface area contributed by atoms with E-state index >= 15 is 0 Å². The topological polar surface area (TPSA) is 82.4 Å². The lowest BCUT2D eigenvalue weighted by molar-refractivity contribution is -0.113. The molecule has 0 aliphatic carbocycles. The van der Waals surface area contributed by atoms with Crippen molar-refractivity contribution >= 4 is 58.5 Å². The number of amides is 3. The maximum atomic E-state index is 12.8. The van der Waals surface area contributed by atoms with E-state index < -0.39 is 11.9 Å². The monoisotopic (exact) mass is 497 g/mol. The van der Waals surface area contributed by atoms with E-state index in [4.69, 9.17) is 39.5 Å². The molecule has 1 aliphatic heterocycles. The summed E-state index contributed by atoms with van der Waals surface area (Å²) in [5.74, 6) is -0.277. The van der Waals surface area contributed by atoms with Gasteiger partial charge in [0.25, 0.3) is 5.91 Å². The molecule has 6 nitrogen and oxygen atoms in total. The van der Waals surface area contributed by atoms with E-state index in [1.807, 2.05) is 0 Å². The van der Waals surface area contributed by atoms with Crippen LogP contribution in [0.25, 0.3) is 6.08 Å². The van der Waals surface area contributed by atoms with Gasteiger partial charge >= 0.3 is 6.03 Å². The fraction of sp³-hybridized carbons (Fsp3) is 0.0417. The third kappa shape index (κ3) is 4.81. The minimum atomic E-state index is -0.582. The highest BCUT2D eigenvalue weighted by Crippen LogP contribution is 2.36. The van der Waals surface area contributed by atoms with Crippen LogP contribution in [0.5, 0.6) is 5.75 Å². The fourth-order valence-corrected chi connectivity index (χ4v) is 3.97. The molecule has 0 bridgehead atoms. The van der Waals surface area contributed by atoms with Gasteiger partial charge in [-0.05, 0) is 54.1 Å². The second-order valence-electron chi connectivity index (χ2n) is 6.98. The van der Waals surface area contributed by atoms with Crippen LogP contribution in [0.1, 0.15) is 16.7 Å². The van der Waals surface area contributed by atoms with Crippen LogP contribution in [-0.2, 0) is 11.4 Å². The summed E-state index contributed by atoms with van der Waals surface area (Å²) in [6.07, 6.45) is 1.47. The van der Waals surface area contributed by atoms with E-state index in [0.717, 1.165) is 4.90 Å². The van der Waals surface area contributed by atoms with Crippen LogP contribution >= 0.6 is 34.8 Å². The van der Waals surface area contributed by atoms with Crippen LogP contribution in [-0.4, -0.2) is 11.9 Å². The maximum absolute atomic E-state index is 12.8. The van der Waals surface area contributed by atoms with Crippen LogP contribution in [0, 0.1) is 11.3 Å². The smallest absolute Gasteiger partial charge is 0.333 e. The van der Waals surface area contributed by atoms with Crippen LogP contribution in [0.15, 0.2) is 66.4 Å². The molecule has 0 saturated carbocycles. The molecule has 1 fully saturated rings. The largest absolute Gasteiger partial charge is 0.486 e. The molecule has 3 amide bonds. The lowest BCUT2D eigenvalue weighted by Gasteiger charge is -2.12. The first kappa shape index (κ1) is 22.7. The molecule has 1 N–H and O–H groups in total. The number of nitrogens with one attached hydrogen (secondary N) is 1. The van der Waals surface area contributed by atoms with Gasteiger partial charge in [0.05, 0.1) is 27.4 Å². The molecule has 0 atom stereocenters. The molecular weight excluding hydrogens is 485 g/mol. The molecule has 1 heterocycles. The Morgan fingerprint density at radius 2 is 1.67 bits per heavy atom. The Bertz CT molecular complexity index is 1310. The zero-order valence-corrected chi connectivity index (χ0v) is 19.1. The van der Waals surface area contributed by atoms with Gasteiger partial charge in [0.1, 0.15) is 12.3 Å². The Hall–Kier alpha value is -3.50. The molecule has 164 valence electrons. The van der Waals surface area contributed by atoms with Crippen molar-refractivity contribution in [3.05, 3.63) is 98.1 Å². The van der Waals surface area contributed by atoms with Crippen molar-refractivity contribution < 1.29 is 14.3 Å². The van der Waals surface area contributed by atoms with E-state index in [-0.39, 0.29) is 28.1 Å². The number of nitrogens with zero attached hydrogens (tertiary/aromatic N) is 2. The van der Waals surface area contributed by atoms with E-state index in [2.05, 4.69) is 11.4 Å². The highest BCUT2D eigenvalue weighted by molar-refractivity contribution is 6.37. The number of hydrogen-bond donors (Lipinski definition) is 1. The molecule has 3 aromatic carbocycles. The first-order valence-electron chi connectivity index (χ1n) is 9.60. The Balaban J connectivity index is 1.55. The summed E-state index contributed by atoms with van der Waals surface area (Å²) in [6.45, 7) is 0.105. The lowest BCUT2D eigenvalue weighted by atomic mass is 10.1. The van der Waals surface area contributed by atoms with Gasteiger partial charge in [-0.1, -0.05) is 53.0 Å². The number of anilines is 1. The first-order valence-corrected chi connectivity index (χ1v) is 10.7. The Labute approximate surface area is 204 Å². The van der Waals surface area contributed by atoms with Crippen molar-refractivity contribution in [2.75, 3.05) is 4.90 Å². The lowest BCUT2D eigenvalue weighted by Crippen LogP contribution is -2.30. The normalized spacial score (nSPS) is 14.4. The summed E-state index contributed by atoms with van der Waals surface area (Å²) < 4.78 is 5.75. The average Bonchev–Trinajstić information content (AvgIpc) is 3.07. The molecule has 33 heavy (non-hydrogen) atoms. The number of benzene rings is 3. The third-order valence-electron chi connectivity index (χ3n) is 4.80. The SMILES string of the molecule is N#Cc1ccccc1COc1c(Cl)cc(/C=C2/NC(=O)N(c3ccc(Cl)cc3)C2=O)cc1Cl. The van der Waals surface area contributed by atoms with E-state index in [1.165, 1.54) is 6.08 Å². The Morgan fingerprint density at radius 3 is 2.33 bits per heavy atom. The molecule has 4 rings (SSSR count). The van der Waals surface area contributed by atoms with Crippen molar-refractivity contribution in [3.63, 3.8) is 0 Å². The van der Waals surface area contributed by atoms with Gasteiger partial charge in [-0.2, -0.15) is 5.26 Å². The minimum Gasteiger partial charge on any atom is -0.486 e. The number of nitriles is 1. The van der Waals surface area contributed by atoms with Gasteiger partial charge in [0, 0.05) is 10.6 Å². The highest BCUT2D eigenvalue weighted by atomic mass is 35.5. The maximum Gasteiger partial charge on any atom is 0.333 e. The van der Waals surface area contributed by atoms with Gasteiger partial charge in [-0.25, -0.2) is 9.69 Å². The summed E-state index contributed by atoms with van der Waals surface area (Å²) in [7, 11) is 0. The standard InChI is InChI=1S/C24H14Cl3N3O3/c25-17-5-7-18(8-6-17)30-23(31)21(29-24(30)32)11-14-9-19(26)22(20(27)10-14)33-13-16-4-2-1-3-15(16)12-28/h1-11H,13H2,(H,29,32)/b21-11+. The number of hydrogen-bond acceptors (Lipinski definition) is 4. The summed E-state index contributed by atoms with van der Waals surface area (Å²) in [4.78, 5) is 26.2. The van der Waals surface area contributed by atoms with Gasteiger partial charge < -0.3 is 10.1 Å². The van der Waals surface area contributed by atoms with Crippen LogP contribution < -0.4 is 15.0 Å². The highest BCUT2D eigenvalue weighted by Gasteiger charge is 2.34. The molecular formula is C24H14Cl3N3O3. The summed E-state index contributed by atoms with van der Waals surface area (Å²) in [6, 6.07) is 18.0. The molecule has 0 spiro atoms. The van der Waals surface area contributed by atoms with Gasteiger partial charge in [-0.15, -0.1) is 0 Å². The molecule has 1 saturated heterocycles. The predicted octanol–water partition coefficient (Wildman–Crippen LogP) is 6.19. The number of urea groups is 1. The van der Waals surface area contributed by atoms with Crippen LogP contribution in [0.4, 0.5) is 10.5 Å². The predicted molar refractivity (Wildman–Crippen MR) is 127 cm³/mol. The molecule has 1 aliphatic rings. The number of halogens is 3. The van der Waals surface area contributed by atoms with Crippen molar-refractivity contribution in [2.45, 2.75) is 6.61 Å². The van der Waals surface area contributed by atoms with Crippen molar-refractivity contribution in [2.24, 2.45) is 0 Å². The van der Waals surface area contributed by atoms with Crippen LogP contribution in [0.3, 0.4) is 0 Å². The summed E-state index contributed by atoms with van der Waals surface area (Å²) in [5, 5.41) is 12.7. The van der Waals surface area contributed by atoms with Gasteiger partial charge in [0.15, 0.2) is 5.75 Å². The number of imide groups is 1. The average molecular weight is 499 g/mol. The molecule has 9 heteroatoms. The van der Waals surface area contributed by atoms with E-state index in [1.54, 1.807) is 60.7 Å². The van der Waals surface area contributed by atoms with Crippen LogP contribution in [0.2, 0.25) is 15.1 Å².